The number of benzene rings is 2. The van der Waals surface area contributed by atoms with Crippen molar-refractivity contribution in [3.8, 4) is 5.69 Å². The molecule has 3 aromatic rings. The summed E-state index contributed by atoms with van der Waals surface area (Å²) < 4.78 is 1.92. The molecule has 3 N–H and O–H groups in total. The van der Waals surface area contributed by atoms with Crippen LogP contribution in [0.2, 0.25) is 0 Å². The molecule has 0 radical (unpaired) electrons. The molecule has 0 unspecified atom stereocenters. The highest BCUT2D eigenvalue weighted by Gasteiger charge is 2.20. The standard InChI is InChI=1S/C18H19N5O2S/c1-12-4-3-5-14(10-12)11-26-18-21-20-17(13(2)19)22(18)15-6-8-16(9-7-15)23(24)25/h3-10,13H,11,19H2,1-2H3/p+1/t13-/m1/s1. The monoisotopic (exact) mass is 370 g/mol. The van der Waals surface area contributed by atoms with Crippen LogP contribution >= 0.6 is 11.8 Å². The van der Waals surface area contributed by atoms with Crippen LogP contribution in [0.1, 0.15) is 29.9 Å². The minimum atomic E-state index is -0.408. The Labute approximate surface area is 155 Å². The number of nitro benzene ring substituents is 1. The van der Waals surface area contributed by atoms with Crippen LogP contribution in [0.4, 0.5) is 5.69 Å². The summed E-state index contributed by atoms with van der Waals surface area (Å²) in [5.74, 6) is 1.49. The van der Waals surface area contributed by atoms with Crippen LogP contribution in [0.3, 0.4) is 0 Å². The number of hydrogen-bond donors (Lipinski definition) is 1. The number of hydrogen-bond acceptors (Lipinski definition) is 5. The largest absolute Gasteiger partial charge is 0.349 e. The van der Waals surface area contributed by atoms with Crippen molar-refractivity contribution in [3.05, 3.63) is 75.6 Å². The first-order valence-electron chi connectivity index (χ1n) is 8.17. The Bertz CT molecular complexity index is 922. The maximum atomic E-state index is 10.9. The second-order valence-corrected chi connectivity index (χ2v) is 7.07. The molecule has 134 valence electrons. The summed E-state index contributed by atoms with van der Waals surface area (Å²) in [5.41, 5.74) is 7.31. The van der Waals surface area contributed by atoms with E-state index in [2.05, 4.69) is 41.1 Å². The highest BCUT2D eigenvalue weighted by Crippen LogP contribution is 2.27. The normalized spacial score (nSPS) is 12.1. The van der Waals surface area contributed by atoms with Crippen LogP contribution in [-0.4, -0.2) is 19.7 Å². The number of aryl methyl sites for hydroxylation is 1. The van der Waals surface area contributed by atoms with Crippen molar-refractivity contribution in [3.63, 3.8) is 0 Å². The van der Waals surface area contributed by atoms with Gasteiger partial charge < -0.3 is 5.73 Å². The Balaban J connectivity index is 1.92. The van der Waals surface area contributed by atoms with Gasteiger partial charge in [0, 0.05) is 17.9 Å². The molecule has 0 amide bonds. The first-order chi connectivity index (χ1) is 12.5. The summed E-state index contributed by atoms with van der Waals surface area (Å²) in [5, 5.41) is 20.2. The number of aromatic nitrogens is 3. The fourth-order valence-corrected chi connectivity index (χ4v) is 3.51. The van der Waals surface area contributed by atoms with Crippen molar-refractivity contribution >= 4 is 17.4 Å². The summed E-state index contributed by atoms with van der Waals surface area (Å²) in [7, 11) is 0. The number of non-ortho nitro benzene ring substituents is 1. The van der Waals surface area contributed by atoms with Gasteiger partial charge in [-0.05, 0) is 31.5 Å². The molecule has 7 nitrogen and oxygen atoms in total. The van der Waals surface area contributed by atoms with E-state index in [1.54, 1.807) is 23.9 Å². The third kappa shape index (κ3) is 3.92. The molecule has 0 bridgehead atoms. The van der Waals surface area contributed by atoms with Crippen LogP contribution in [0, 0.1) is 17.0 Å². The minimum absolute atomic E-state index is 0.0556. The molecule has 0 aliphatic heterocycles. The second-order valence-electron chi connectivity index (χ2n) is 6.13. The summed E-state index contributed by atoms with van der Waals surface area (Å²) in [6.07, 6.45) is 0. The third-order valence-corrected chi connectivity index (χ3v) is 4.87. The van der Waals surface area contributed by atoms with Crippen molar-refractivity contribution in [2.75, 3.05) is 0 Å². The number of quaternary nitrogens is 1. The molecular weight excluding hydrogens is 350 g/mol. The van der Waals surface area contributed by atoms with Gasteiger partial charge in [-0.3, -0.25) is 14.7 Å². The van der Waals surface area contributed by atoms with Crippen molar-refractivity contribution < 1.29 is 10.7 Å². The zero-order chi connectivity index (χ0) is 18.7. The number of nitrogens with zero attached hydrogens (tertiary/aromatic N) is 4. The molecular formula is C18H20N5O2S+. The Morgan fingerprint density at radius 1 is 1.23 bits per heavy atom. The maximum Gasteiger partial charge on any atom is 0.269 e. The molecule has 2 aromatic carbocycles. The fraction of sp³-hybridized carbons (Fsp3) is 0.222. The van der Waals surface area contributed by atoms with Gasteiger partial charge in [-0.2, -0.15) is 0 Å². The average molecular weight is 370 g/mol. The lowest BCUT2D eigenvalue weighted by atomic mass is 10.2. The van der Waals surface area contributed by atoms with Crippen molar-refractivity contribution in [2.45, 2.75) is 30.8 Å². The van der Waals surface area contributed by atoms with E-state index in [-0.39, 0.29) is 11.7 Å². The number of rotatable bonds is 6. The van der Waals surface area contributed by atoms with Crippen molar-refractivity contribution in [2.24, 2.45) is 0 Å². The van der Waals surface area contributed by atoms with E-state index in [1.807, 2.05) is 17.6 Å². The lowest BCUT2D eigenvalue weighted by Gasteiger charge is -2.11. The predicted octanol–water partition coefficient (Wildman–Crippen LogP) is 3.08. The minimum Gasteiger partial charge on any atom is -0.349 e. The summed E-state index contributed by atoms with van der Waals surface area (Å²) >= 11 is 1.58. The van der Waals surface area contributed by atoms with E-state index in [1.165, 1.54) is 23.3 Å². The number of nitro groups is 1. The van der Waals surface area contributed by atoms with Gasteiger partial charge in [0.1, 0.15) is 6.04 Å². The quantitative estimate of drug-likeness (QED) is 0.408. The molecule has 0 saturated carbocycles. The van der Waals surface area contributed by atoms with E-state index in [9.17, 15) is 10.1 Å². The molecule has 1 aromatic heterocycles. The van der Waals surface area contributed by atoms with Gasteiger partial charge >= 0.3 is 0 Å². The van der Waals surface area contributed by atoms with Gasteiger partial charge in [-0.15, -0.1) is 10.2 Å². The van der Waals surface area contributed by atoms with E-state index >= 15 is 0 Å². The Hall–Kier alpha value is -2.71. The van der Waals surface area contributed by atoms with Crippen LogP contribution in [0.25, 0.3) is 5.69 Å². The van der Waals surface area contributed by atoms with E-state index in [4.69, 9.17) is 0 Å². The fourth-order valence-electron chi connectivity index (χ4n) is 2.61. The molecule has 1 atom stereocenters. The zero-order valence-electron chi connectivity index (χ0n) is 14.6. The molecule has 0 aliphatic carbocycles. The third-order valence-electron chi connectivity index (χ3n) is 3.87. The van der Waals surface area contributed by atoms with E-state index < -0.39 is 4.92 Å². The molecule has 1 heterocycles. The summed E-state index contributed by atoms with van der Waals surface area (Å²) in [6.45, 7) is 4.01. The second kappa shape index (κ2) is 7.67. The molecule has 3 rings (SSSR count). The smallest absolute Gasteiger partial charge is 0.269 e. The number of thioether (sulfide) groups is 1. The van der Waals surface area contributed by atoms with Gasteiger partial charge in [-0.1, -0.05) is 41.6 Å². The SMILES string of the molecule is Cc1cccc(CSc2nnc([C@@H](C)[NH3+])n2-c2ccc([N+](=O)[O-])cc2)c1. The molecule has 0 fully saturated rings. The van der Waals surface area contributed by atoms with Crippen molar-refractivity contribution in [1.29, 1.82) is 0 Å². The van der Waals surface area contributed by atoms with Gasteiger partial charge in [0.2, 0.25) is 0 Å². The summed E-state index contributed by atoms with van der Waals surface area (Å²) in [6, 6.07) is 14.7. The molecule has 26 heavy (non-hydrogen) atoms. The highest BCUT2D eigenvalue weighted by atomic mass is 32.2. The lowest BCUT2D eigenvalue weighted by molar-refractivity contribution is -0.422. The highest BCUT2D eigenvalue weighted by molar-refractivity contribution is 7.98. The summed E-state index contributed by atoms with van der Waals surface area (Å²) in [4.78, 5) is 10.5. The lowest BCUT2D eigenvalue weighted by Crippen LogP contribution is -2.52. The first kappa shape index (κ1) is 18.1. The van der Waals surface area contributed by atoms with Gasteiger partial charge in [0.05, 0.1) is 10.6 Å². The average Bonchev–Trinajstić information content (AvgIpc) is 3.04. The first-order valence-corrected chi connectivity index (χ1v) is 9.16. The van der Waals surface area contributed by atoms with Gasteiger partial charge in [-0.25, -0.2) is 0 Å². The van der Waals surface area contributed by atoms with Crippen LogP contribution in [-0.2, 0) is 5.75 Å². The maximum absolute atomic E-state index is 10.9. The zero-order valence-corrected chi connectivity index (χ0v) is 15.4. The van der Waals surface area contributed by atoms with Crippen LogP contribution in [0.5, 0.6) is 0 Å². The molecule has 0 spiro atoms. The Kier molecular flexibility index (Phi) is 5.34. The molecule has 8 heteroatoms. The Morgan fingerprint density at radius 2 is 1.96 bits per heavy atom. The molecule has 0 aliphatic rings. The van der Waals surface area contributed by atoms with Crippen LogP contribution in [0.15, 0.2) is 53.7 Å². The van der Waals surface area contributed by atoms with Crippen LogP contribution < -0.4 is 5.73 Å². The van der Waals surface area contributed by atoms with Crippen molar-refractivity contribution in [1.82, 2.24) is 14.8 Å². The molecule has 0 saturated heterocycles. The van der Waals surface area contributed by atoms with Gasteiger partial charge in [0.15, 0.2) is 11.0 Å². The Morgan fingerprint density at radius 3 is 2.58 bits per heavy atom. The van der Waals surface area contributed by atoms with E-state index in [0.717, 1.165) is 22.4 Å². The predicted molar refractivity (Wildman–Crippen MR) is 100 cm³/mol. The van der Waals surface area contributed by atoms with E-state index in [0.29, 0.717) is 0 Å². The van der Waals surface area contributed by atoms with Gasteiger partial charge in [0.25, 0.3) is 5.69 Å². The topological polar surface area (TPSA) is 101 Å².